The molecule has 0 amide bonds. The molecule has 0 atom stereocenters. The van der Waals surface area contributed by atoms with E-state index in [9.17, 15) is 0 Å². The second-order valence-corrected chi connectivity index (χ2v) is 13.2. The summed E-state index contributed by atoms with van der Waals surface area (Å²) in [6.45, 7) is 11.5. The monoisotopic (exact) mass is 562 g/mol. The maximum atomic E-state index is 6.53. The first-order chi connectivity index (χ1) is 19.4. The fourth-order valence-electron chi connectivity index (χ4n) is 5.41. The van der Waals surface area contributed by atoms with Gasteiger partial charge in [0.2, 0.25) is 0 Å². The van der Waals surface area contributed by atoms with Gasteiger partial charge in [-0.05, 0) is 37.5 Å². The van der Waals surface area contributed by atoms with Gasteiger partial charge in [-0.1, -0.05) is 89.5 Å². The molecule has 0 unspecified atom stereocenters. The minimum absolute atomic E-state index is 0.191. The van der Waals surface area contributed by atoms with E-state index in [1.807, 2.05) is 0 Å². The summed E-state index contributed by atoms with van der Waals surface area (Å²) >= 11 is 0. The molecule has 40 heavy (non-hydrogen) atoms. The van der Waals surface area contributed by atoms with Crippen LogP contribution in [0.4, 0.5) is 0 Å². The summed E-state index contributed by atoms with van der Waals surface area (Å²) in [7, 11) is -1.63. The highest BCUT2D eigenvalue weighted by molar-refractivity contribution is 7.41. The van der Waals surface area contributed by atoms with Crippen LogP contribution in [0.3, 0.4) is 0 Å². The minimum atomic E-state index is -1.63. The van der Waals surface area contributed by atoms with E-state index in [4.69, 9.17) is 27.8 Å². The summed E-state index contributed by atoms with van der Waals surface area (Å²) in [6, 6.07) is 26.0. The number of hydrogen-bond acceptors (Lipinski definition) is 6. The Morgan fingerprint density at radius 1 is 0.475 bits per heavy atom. The maximum absolute atomic E-state index is 6.53. The molecule has 0 radical (unpaired) electrons. The summed E-state index contributed by atoms with van der Waals surface area (Å²) in [5, 5.41) is 0. The normalized spacial score (nSPS) is 20.4. The van der Waals surface area contributed by atoms with Crippen molar-refractivity contribution in [2.45, 2.75) is 37.0 Å². The third-order valence-electron chi connectivity index (χ3n) is 8.60. The summed E-state index contributed by atoms with van der Waals surface area (Å²) in [5.41, 5.74) is 6.83. The molecule has 3 fully saturated rings. The van der Waals surface area contributed by atoms with E-state index in [1.54, 1.807) is 0 Å². The number of ether oxygens (including phenoxy) is 3. The minimum Gasteiger partial charge on any atom is -0.379 e. The van der Waals surface area contributed by atoms with Crippen molar-refractivity contribution in [3.63, 3.8) is 0 Å². The summed E-state index contributed by atoms with van der Waals surface area (Å²) in [4.78, 5) is 0. The van der Waals surface area contributed by atoms with E-state index in [-0.39, 0.29) is 16.2 Å². The largest absolute Gasteiger partial charge is 0.379 e. The molecule has 3 saturated heterocycles. The lowest BCUT2D eigenvalue weighted by Gasteiger charge is -2.44. The Hall–Kier alpha value is -2.15. The van der Waals surface area contributed by atoms with Crippen molar-refractivity contribution in [2.24, 2.45) is 0 Å². The van der Waals surface area contributed by atoms with E-state index in [0.29, 0.717) is 59.5 Å². The van der Waals surface area contributed by atoms with Gasteiger partial charge in [-0.3, -0.25) is 0 Å². The van der Waals surface area contributed by atoms with Gasteiger partial charge in [0.25, 0.3) is 0 Å². The van der Waals surface area contributed by atoms with E-state index >= 15 is 0 Å². The van der Waals surface area contributed by atoms with Crippen LogP contribution in [0.15, 0.2) is 72.8 Å². The van der Waals surface area contributed by atoms with Crippen LogP contribution >= 0.6 is 8.60 Å². The van der Waals surface area contributed by atoms with Crippen LogP contribution in [0.5, 0.6) is 0 Å². The smallest absolute Gasteiger partial charge is 0.332 e. The molecular weight excluding hydrogens is 523 g/mol. The van der Waals surface area contributed by atoms with Crippen LogP contribution in [0.2, 0.25) is 0 Å². The molecule has 3 aliphatic rings. The van der Waals surface area contributed by atoms with Crippen molar-refractivity contribution < 1.29 is 27.8 Å². The third-order valence-corrected chi connectivity index (χ3v) is 9.62. The highest BCUT2D eigenvalue weighted by Gasteiger charge is 2.46. The predicted octanol–water partition coefficient (Wildman–Crippen LogP) is 6.09. The molecule has 6 nitrogen and oxygen atoms in total. The van der Waals surface area contributed by atoms with E-state index in [1.165, 1.54) is 33.4 Å². The molecule has 3 aromatic rings. The van der Waals surface area contributed by atoms with E-state index < -0.39 is 8.60 Å². The third kappa shape index (κ3) is 5.64. The van der Waals surface area contributed by atoms with Gasteiger partial charge in [-0.2, -0.15) is 0 Å². The van der Waals surface area contributed by atoms with Gasteiger partial charge < -0.3 is 27.8 Å². The number of aryl methyl sites for hydroxylation is 3. The summed E-state index contributed by atoms with van der Waals surface area (Å²) < 4.78 is 36.6. The Bertz CT molecular complexity index is 1100. The van der Waals surface area contributed by atoms with Crippen molar-refractivity contribution in [3.05, 3.63) is 106 Å². The highest BCUT2D eigenvalue weighted by atomic mass is 31.2. The van der Waals surface area contributed by atoms with Crippen LogP contribution in [-0.4, -0.2) is 59.5 Å². The van der Waals surface area contributed by atoms with Gasteiger partial charge in [0.1, 0.15) is 0 Å². The molecule has 3 aliphatic heterocycles. The molecule has 0 aliphatic carbocycles. The van der Waals surface area contributed by atoms with Crippen LogP contribution in [0.1, 0.15) is 33.4 Å². The second-order valence-electron chi connectivity index (χ2n) is 12.0. The first kappa shape index (κ1) is 28.0. The fraction of sp³-hybridized carbons (Fsp3) is 0.455. The SMILES string of the molecule is Cc1ccc(C2(COP(OCC3(c4ccc(C)cc4)COC3)OCC3(c4ccc(C)cc4)COC3)COC2)cc1. The fourth-order valence-corrected chi connectivity index (χ4v) is 6.69. The van der Waals surface area contributed by atoms with Gasteiger partial charge >= 0.3 is 8.60 Å². The Kier molecular flexibility index (Phi) is 8.13. The summed E-state index contributed by atoms with van der Waals surface area (Å²) in [5.74, 6) is 0. The first-order valence-corrected chi connectivity index (χ1v) is 15.1. The summed E-state index contributed by atoms with van der Waals surface area (Å²) in [6.07, 6.45) is 0. The average molecular weight is 563 g/mol. The van der Waals surface area contributed by atoms with Gasteiger partial charge in [0.15, 0.2) is 0 Å². The number of hydrogen-bond donors (Lipinski definition) is 0. The molecule has 212 valence electrons. The average Bonchev–Trinajstić information content (AvgIpc) is 2.89. The molecular formula is C33H39O6P. The lowest BCUT2D eigenvalue weighted by atomic mass is 9.79. The van der Waals surface area contributed by atoms with Crippen molar-refractivity contribution >= 4 is 8.60 Å². The van der Waals surface area contributed by atoms with Crippen LogP contribution in [0, 0.1) is 20.8 Å². The standard InChI is InChI=1S/C33H39O6P/c1-25-4-10-28(11-5-25)31(16-34-17-31)22-37-40(38-23-32(18-35-19-32)29-12-6-26(2)7-13-29)39-24-33(20-36-21-33)30-14-8-27(3)9-15-30/h4-15H,16-24H2,1-3H3. The quantitative estimate of drug-likeness (QED) is 0.249. The van der Waals surface area contributed by atoms with Gasteiger partial charge in [0, 0.05) is 0 Å². The zero-order valence-electron chi connectivity index (χ0n) is 23.7. The molecule has 7 heteroatoms. The van der Waals surface area contributed by atoms with E-state index in [2.05, 4.69) is 93.6 Å². The zero-order chi connectivity index (χ0) is 27.6. The molecule has 0 N–H and O–H groups in total. The number of rotatable bonds is 12. The lowest BCUT2D eigenvalue weighted by molar-refractivity contribution is -0.0997. The Balaban J connectivity index is 1.18. The molecule has 0 aromatic heterocycles. The molecule has 0 spiro atoms. The van der Waals surface area contributed by atoms with Crippen LogP contribution in [-0.2, 0) is 44.0 Å². The van der Waals surface area contributed by atoms with Gasteiger partial charge in [-0.25, -0.2) is 0 Å². The molecule has 6 rings (SSSR count). The molecule has 0 bridgehead atoms. The zero-order valence-corrected chi connectivity index (χ0v) is 24.6. The maximum Gasteiger partial charge on any atom is 0.332 e. The lowest BCUT2D eigenvalue weighted by Crippen LogP contribution is -2.51. The molecule has 3 aromatic carbocycles. The van der Waals surface area contributed by atoms with Gasteiger partial charge in [0.05, 0.1) is 75.7 Å². The Labute approximate surface area is 238 Å². The van der Waals surface area contributed by atoms with Crippen molar-refractivity contribution in [1.29, 1.82) is 0 Å². The van der Waals surface area contributed by atoms with Crippen LogP contribution < -0.4 is 0 Å². The molecule has 0 saturated carbocycles. The highest BCUT2D eigenvalue weighted by Crippen LogP contribution is 2.48. The second kappa shape index (κ2) is 11.6. The van der Waals surface area contributed by atoms with Crippen molar-refractivity contribution in [3.8, 4) is 0 Å². The topological polar surface area (TPSA) is 55.4 Å². The van der Waals surface area contributed by atoms with Crippen LogP contribution in [0.25, 0.3) is 0 Å². The Morgan fingerprint density at radius 3 is 0.925 bits per heavy atom. The first-order valence-electron chi connectivity index (χ1n) is 14.0. The van der Waals surface area contributed by atoms with Crippen molar-refractivity contribution in [1.82, 2.24) is 0 Å². The van der Waals surface area contributed by atoms with Crippen molar-refractivity contribution in [2.75, 3.05) is 59.5 Å². The van der Waals surface area contributed by atoms with Gasteiger partial charge in [-0.15, -0.1) is 0 Å². The predicted molar refractivity (Wildman–Crippen MR) is 156 cm³/mol. The Morgan fingerprint density at radius 2 is 0.725 bits per heavy atom. The molecule has 3 heterocycles. The number of benzene rings is 3. The van der Waals surface area contributed by atoms with E-state index in [0.717, 1.165) is 0 Å².